The number of ether oxygens (including phenoxy) is 1. The first kappa shape index (κ1) is 18.2. The Morgan fingerprint density at radius 1 is 1.07 bits per heavy atom. The first-order valence-corrected chi connectivity index (χ1v) is 10.7. The molecule has 29 heavy (non-hydrogen) atoms. The van der Waals surface area contributed by atoms with Crippen LogP contribution < -0.4 is 5.32 Å². The molecule has 0 atom stereocenters. The number of imidazole rings is 1. The Labute approximate surface area is 173 Å². The molecule has 1 saturated heterocycles. The number of hydrogen-bond acceptors (Lipinski definition) is 7. The number of anilines is 1. The van der Waals surface area contributed by atoms with E-state index in [1.165, 1.54) is 0 Å². The third-order valence-corrected chi connectivity index (χ3v) is 5.71. The van der Waals surface area contributed by atoms with Crippen molar-refractivity contribution in [2.75, 3.05) is 44.7 Å². The molecular weight excluding hydrogens is 384 g/mol. The lowest BCUT2D eigenvalue weighted by atomic mass is 10.2. The zero-order chi connectivity index (χ0) is 19.5. The topological polar surface area (TPSA) is 68.1 Å². The van der Waals surface area contributed by atoms with Gasteiger partial charge in [0.1, 0.15) is 6.33 Å². The van der Waals surface area contributed by atoms with E-state index in [4.69, 9.17) is 14.7 Å². The highest BCUT2D eigenvalue weighted by atomic mass is 32.1. The molecule has 3 aromatic heterocycles. The Bertz CT molecular complexity index is 1070. The standard InChI is InChI=1S/C21H22N6OS/c1-2-4-16(5-3-1)19-24-20(22-7-8-26-9-11-28-12-10-26)18-21(25-19)27(15-23-18)17-6-13-29-14-17/h1-6,13-15H,7-12H2,(H,22,24,25). The second-order valence-electron chi connectivity index (χ2n) is 6.91. The van der Waals surface area contributed by atoms with Crippen LogP contribution in [-0.2, 0) is 4.74 Å². The van der Waals surface area contributed by atoms with Crippen LogP contribution in [0.15, 0.2) is 53.5 Å². The summed E-state index contributed by atoms with van der Waals surface area (Å²) in [6, 6.07) is 12.1. The number of rotatable bonds is 6. The van der Waals surface area contributed by atoms with Gasteiger partial charge in [-0.25, -0.2) is 15.0 Å². The van der Waals surface area contributed by atoms with Crippen LogP contribution in [0.2, 0.25) is 0 Å². The van der Waals surface area contributed by atoms with Crippen LogP contribution >= 0.6 is 11.3 Å². The van der Waals surface area contributed by atoms with Gasteiger partial charge in [0.15, 0.2) is 22.8 Å². The van der Waals surface area contributed by atoms with Gasteiger partial charge in [0, 0.05) is 37.1 Å². The zero-order valence-electron chi connectivity index (χ0n) is 16.0. The van der Waals surface area contributed by atoms with E-state index in [-0.39, 0.29) is 0 Å². The second kappa shape index (κ2) is 8.28. The number of fused-ring (bicyclic) bond motifs is 1. The summed E-state index contributed by atoms with van der Waals surface area (Å²) in [5.74, 6) is 1.47. The molecule has 0 amide bonds. The molecule has 148 valence electrons. The third-order valence-electron chi connectivity index (χ3n) is 5.04. The molecule has 0 unspecified atom stereocenters. The number of thiophene rings is 1. The number of morpholine rings is 1. The van der Waals surface area contributed by atoms with Gasteiger partial charge >= 0.3 is 0 Å². The molecule has 0 radical (unpaired) electrons. The van der Waals surface area contributed by atoms with Crippen LogP contribution in [0.1, 0.15) is 0 Å². The number of hydrogen-bond donors (Lipinski definition) is 1. The number of nitrogens with zero attached hydrogens (tertiary/aromatic N) is 5. The van der Waals surface area contributed by atoms with E-state index in [0.29, 0.717) is 5.82 Å². The summed E-state index contributed by atoms with van der Waals surface area (Å²) >= 11 is 1.66. The maximum atomic E-state index is 5.43. The molecule has 7 nitrogen and oxygen atoms in total. The van der Waals surface area contributed by atoms with Crippen molar-refractivity contribution in [2.24, 2.45) is 0 Å². The molecule has 5 rings (SSSR count). The third kappa shape index (κ3) is 3.87. The van der Waals surface area contributed by atoms with E-state index in [9.17, 15) is 0 Å². The number of aromatic nitrogens is 4. The van der Waals surface area contributed by atoms with Crippen LogP contribution in [0.5, 0.6) is 0 Å². The Morgan fingerprint density at radius 2 is 1.93 bits per heavy atom. The van der Waals surface area contributed by atoms with E-state index in [1.54, 1.807) is 11.3 Å². The largest absolute Gasteiger partial charge is 0.379 e. The zero-order valence-corrected chi connectivity index (χ0v) is 16.8. The van der Waals surface area contributed by atoms with Crippen LogP contribution in [0, 0.1) is 0 Å². The van der Waals surface area contributed by atoms with E-state index < -0.39 is 0 Å². The highest BCUT2D eigenvalue weighted by Gasteiger charge is 2.16. The van der Waals surface area contributed by atoms with Gasteiger partial charge in [-0.3, -0.25) is 9.47 Å². The summed E-state index contributed by atoms with van der Waals surface area (Å²) in [7, 11) is 0. The molecule has 8 heteroatoms. The summed E-state index contributed by atoms with van der Waals surface area (Å²) in [6.45, 7) is 5.31. The van der Waals surface area contributed by atoms with Crippen molar-refractivity contribution in [1.29, 1.82) is 0 Å². The van der Waals surface area contributed by atoms with Gasteiger partial charge in [-0.05, 0) is 11.4 Å². The molecule has 4 aromatic rings. The van der Waals surface area contributed by atoms with E-state index in [0.717, 1.165) is 67.6 Å². The molecule has 1 aliphatic heterocycles. The fourth-order valence-corrected chi connectivity index (χ4v) is 4.11. The molecule has 0 spiro atoms. The lowest BCUT2D eigenvalue weighted by Gasteiger charge is -2.26. The van der Waals surface area contributed by atoms with E-state index >= 15 is 0 Å². The predicted octanol–water partition coefficient (Wildman–Crippen LogP) is 3.29. The minimum Gasteiger partial charge on any atom is -0.379 e. The minimum absolute atomic E-state index is 0.698. The van der Waals surface area contributed by atoms with Gasteiger partial charge in [0.05, 0.1) is 18.9 Å². The van der Waals surface area contributed by atoms with Crippen molar-refractivity contribution < 1.29 is 4.74 Å². The predicted molar refractivity (Wildman–Crippen MR) is 116 cm³/mol. The maximum absolute atomic E-state index is 5.43. The van der Waals surface area contributed by atoms with Gasteiger partial charge in [0.2, 0.25) is 0 Å². The molecular formula is C21H22N6OS. The monoisotopic (exact) mass is 406 g/mol. The van der Waals surface area contributed by atoms with E-state index in [1.807, 2.05) is 41.2 Å². The lowest BCUT2D eigenvalue weighted by molar-refractivity contribution is 0.0398. The first-order chi connectivity index (χ1) is 14.4. The Kier molecular flexibility index (Phi) is 5.21. The summed E-state index contributed by atoms with van der Waals surface area (Å²) in [6.07, 6.45) is 1.82. The van der Waals surface area contributed by atoms with Gasteiger partial charge < -0.3 is 10.1 Å². The summed E-state index contributed by atoms with van der Waals surface area (Å²) in [4.78, 5) is 16.7. The average Bonchev–Trinajstić information content (AvgIpc) is 3.45. The Hall–Kier alpha value is -2.81. The van der Waals surface area contributed by atoms with Crippen molar-refractivity contribution in [3.63, 3.8) is 0 Å². The summed E-state index contributed by atoms with van der Waals surface area (Å²) in [5.41, 5.74) is 3.65. The van der Waals surface area contributed by atoms with Crippen molar-refractivity contribution in [1.82, 2.24) is 24.4 Å². The lowest BCUT2D eigenvalue weighted by Crippen LogP contribution is -2.39. The molecule has 1 aliphatic rings. The molecule has 1 aromatic carbocycles. The van der Waals surface area contributed by atoms with Gasteiger partial charge in [-0.1, -0.05) is 30.3 Å². The fraction of sp³-hybridized carbons (Fsp3) is 0.286. The molecule has 0 saturated carbocycles. The maximum Gasteiger partial charge on any atom is 0.170 e. The highest BCUT2D eigenvalue weighted by molar-refractivity contribution is 7.08. The molecule has 4 heterocycles. The van der Waals surface area contributed by atoms with E-state index in [2.05, 4.69) is 32.0 Å². The van der Waals surface area contributed by atoms with Gasteiger partial charge in [-0.15, -0.1) is 0 Å². The van der Waals surface area contributed by atoms with Crippen molar-refractivity contribution in [3.05, 3.63) is 53.5 Å². The average molecular weight is 407 g/mol. The normalized spacial score (nSPS) is 15.0. The van der Waals surface area contributed by atoms with Crippen molar-refractivity contribution >= 4 is 28.3 Å². The van der Waals surface area contributed by atoms with Crippen LogP contribution in [0.4, 0.5) is 5.82 Å². The fourth-order valence-electron chi connectivity index (χ4n) is 3.48. The highest BCUT2D eigenvalue weighted by Crippen LogP contribution is 2.26. The Morgan fingerprint density at radius 3 is 2.72 bits per heavy atom. The van der Waals surface area contributed by atoms with Gasteiger partial charge in [0.25, 0.3) is 0 Å². The Balaban J connectivity index is 1.49. The second-order valence-corrected chi connectivity index (χ2v) is 7.69. The number of benzene rings is 1. The first-order valence-electron chi connectivity index (χ1n) is 9.75. The quantitative estimate of drug-likeness (QED) is 0.530. The molecule has 1 N–H and O–H groups in total. The SMILES string of the molecule is c1ccc(-c2nc(NCCN3CCOCC3)c3ncn(-c4ccsc4)c3n2)cc1. The van der Waals surface area contributed by atoms with Gasteiger partial charge in [-0.2, -0.15) is 11.3 Å². The van der Waals surface area contributed by atoms with Crippen molar-refractivity contribution in [3.8, 4) is 17.1 Å². The minimum atomic E-state index is 0.698. The number of nitrogens with one attached hydrogen (secondary N) is 1. The smallest absolute Gasteiger partial charge is 0.170 e. The molecule has 0 bridgehead atoms. The summed E-state index contributed by atoms with van der Waals surface area (Å²) < 4.78 is 7.45. The van der Waals surface area contributed by atoms with Crippen LogP contribution in [0.25, 0.3) is 28.2 Å². The molecule has 0 aliphatic carbocycles. The molecule has 1 fully saturated rings. The van der Waals surface area contributed by atoms with Crippen molar-refractivity contribution in [2.45, 2.75) is 0 Å². The van der Waals surface area contributed by atoms with Crippen LogP contribution in [-0.4, -0.2) is 63.8 Å². The van der Waals surface area contributed by atoms with Crippen LogP contribution in [0.3, 0.4) is 0 Å². The summed E-state index contributed by atoms with van der Waals surface area (Å²) in [5, 5.41) is 7.65.